The van der Waals surface area contributed by atoms with Crippen LogP contribution in [0.15, 0.2) is 113 Å². The van der Waals surface area contributed by atoms with Crippen LogP contribution in [-0.4, -0.2) is 42.2 Å². The van der Waals surface area contributed by atoms with E-state index in [1.165, 1.54) is 6.07 Å². The summed E-state index contributed by atoms with van der Waals surface area (Å²) >= 11 is 0. The minimum Gasteiger partial charge on any atom is -0.494 e. The molecule has 10 nitrogen and oxygen atoms in total. The first-order valence-electron chi connectivity index (χ1n) is 15.0. The summed E-state index contributed by atoms with van der Waals surface area (Å²) in [7, 11) is 0. The molecule has 0 bridgehead atoms. The molecule has 46 heavy (non-hydrogen) atoms. The van der Waals surface area contributed by atoms with Gasteiger partial charge in [-0.3, -0.25) is 10.2 Å². The molecule has 0 fully saturated rings. The maximum Gasteiger partial charge on any atom is 0.266 e. The van der Waals surface area contributed by atoms with Crippen LogP contribution in [0.4, 0.5) is 4.39 Å². The molecule has 0 saturated heterocycles. The number of halogens is 1. The van der Waals surface area contributed by atoms with Crippen LogP contribution in [-0.2, 0) is 28.9 Å². The number of aliphatic hydroxyl groups is 1. The van der Waals surface area contributed by atoms with Crippen molar-refractivity contribution in [3.63, 3.8) is 0 Å². The van der Waals surface area contributed by atoms with Crippen LogP contribution < -0.4 is 15.6 Å². The quantitative estimate of drug-likeness (QED) is 0.0508. The predicted octanol–water partition coefficient (Wildman–Crippen LogP) is 5.76. The Morgan fingerprint density at radius 3 is 2.46 bits per heavy atom. The Morgan fingerprint density at radius 2 is 1.72 bits per heavy atom. The summed E-state index contributed by atoms with van der Waals surface area (Å²) in [6, 6.07) is 30.6. The topological polar surface area (TPSA) is 141 Å². The summed E-state index contributed by atoms with van der Waals surface area (Å²) in [6.45, 7) is 0.753. The third-order valence-corrected chi connectivity index (χ3v) is 7.67. The van der Waals surface area contributed by atoms with Gasteiger partial charge in [0, 0.05) is 36.5 Å². The van der Waals surface area contributed by atoms with Crippen molar-refractivity contribution >= 4 is 11.8 Å². The van der Waals surface area contributed by atoms with Gasteiger partial charge in [0.2, 0.25) is 5.90 Å². The Morgan fingerprint density at radius 1 is 1.00 bits per heavy atom. The molecule has 5 rings (SSSR count). The largest absolute Gasteiger partial charge is 0.494 e. The number of nitrogens with zero attached hydrogens (tertiary/aromatic N) is 4. The minimum absolute atomic E-state index is 0.0365. The predicted molar refractivity (Wildman–Crippen MR) is 172 cm³/mol. The summed E-state index contributed by atoms with van der Waals surface area (Å²) in [5, 5.41) is 12.8. The third kappa shape index (κ3) is 7.70. The van der Waals surface area contributed by atoms with Crippen molar-refractivity contribution < 1.29 is 23.8 Å². The van der Waals surface area contributed by atoms with Crippen LogP contribution in [0, 0.1) is 5.82 Å². The first kappa shape index (κ1) is 32.2. The Kier molecular flexibility index (Phi) is 11.0. The van der Waals surface area contributed by atoms with Crippen LogP contribution in [0.1, 0.15) is 40.3 Å². The Bertz CT molecular complexity index is 1700. The normalized spacial score (nSPS) is 17.0. The first-order valence-corrected chi connectivity index (χ1v) is 15.0. The number of hydrogen-bond donors (Lipinski definition) is 3. The molecule has 0 spiro atoms. The highest BCUT2D eigenvalue weighted by atomic mass is 19.1. The lowest BCUT2D eigenvalue weighted by atomic mass is 9.81. The molecule has 2 atom stereocenters. The summed E-state index contributed by atoms with van der Waals surface area (Å²) in [5.41, 5.74) is 16.8. The van der Waals surface area contributed by atoms with Crippen molar-refractivity contribution in [1.29, 1.82) is 0 Å². The van der Waals surface area contributed by atoms with Gasteiger partial charge in [0.15, 0.2) is 11.6 Å². The van der Waals surface area contributed by atoms with E-state index in [1.807, 2.05) is 54.6 Å². The van der Waals surface area contributed by atoms with Gasteiger partial charge < -0.3 is 14.6 Å². The van der Waals surface area contributed by atoms with E-state index in [-0.39, 0.29) is 37.8 Å². The van der Waals surface area contributed by atoms with Gasteiger partial charge in [-0.05, 0) is 64.5 Å². The standard InChI is InChI=1S/C35H35FN6O4/c36-31-14-7-5-11-26(31)19-20-38-41-34(44)35(23-25-9-2-1-3-10-25)32(30-13-6-4-12-28(30)24-39-42-37)46-33(40-35)27-15-17-29(18-16-27)45-22-8-21-43/h1-7,9-18,32,38,43H,8,19-24H2,(H,41,44)/t32-,35-/m0/s1. The van der Waals surface area contributed by atoms with Crippen LogP contribution in [0.5, 0.6) is 5.75 Å². The molecule has 1 aliphatic heterocycles. The Hall–Kier alpha value is -5.22. The molecule has 11 heteroatoms. The number of carbonyl (C=O) groups is 1. The van der Waals surface area contributed by atoms with E-state index >= 15 is 0 Å². The number of aliphatic imine (C=N–C) groups is 1. The number of ether oxygens (including phenoxy) is 2. The average molecular weight is 623 g/mol. The monoisotopic (exact) mass is 622 g/mol. The molecule has 3 N–H and O–H groups in total. The van der Waals surface area contributed by atoms with Crippen LogP contribution in [0.25, 0.3) is 10.4 Å². The summed E-state index contributed by atoms with van der Waals surface area (Å²) in [5.74, 6) is 0.144. The van der Waals surface area contributed by atoms with Crippen molar-refractivity contribution in [2.24, 2.45) is 10.1 Å². The van der Waals surface area contributed by atoms with Crippen molar-refractivity contribution in [2.75, 3.05) is 19.8 Å². The van der Waals surface area contributed by atoms with Gasteiger partial charge in [-0.2, -0.15) is 0 Å². The maximum absolute atomic E-state index is 14.4. The number of hydrazine groups is 1. The SMILES string of the molecule is [N-]=[N+]=NCc1ccccc1[C@@H]1OC(c2ccc(OCCCO)cc2)=N[C@]1(Cc1ccccc1)C(=O)NNCCc1ccccc1F. The van der Waals surface area contributed by atoms with Gasteiger partial charge in [0.25, 0.3) is 5.91 Å². The fraction of sp³-hybridized carbons (Fsp3) is 0.257. The fourth-order valence-corrected chi connectivity index (χ4v) is 5.36. The summed E-state index contributed by atoms with van der Waals surface area (Å²) in [4.78, 5) is 22.3. The summed E-state index contributed by atoms with van der Waals surface area (Å²) < 4.78 is 26.5. The molecule has 236 valence electrons. The first-order chi connectivity index (χ1) is 22.5. The van der Waals surface area contributed by atoms with Crippen molar-refractivity contribution in [2.45, 2.75) is 37.5 Å². The maximum atomic E-state index is 14.4. The molecule has 4 aromatic carbocycles. The third-order valence-electron chi connectivity index (χ3n) is 7.67. The summed E-state index contributed by atoms with van der Waals surface area (Å²) in [6.07, 6.45) is 0.178. The van der Waals surface area contributed by atoms with Gasteiger partial charge >= 0.3 is 0 Å². The number of nitrogens with one attached hydrogen (secondary N) is 2. The van der Waals surface area contributed by atoms with E-state index in [0.29, 0.717) is 47.5 Å². The Balaban J connectivity index is 1.51. The molecule has 4 aromatic rings. The fourth-order valence-electron chi connectivity index (χ4n) is 5.36. The molecule has 0 unspecified atom stereocenters. The minimum atomic E-state index is -1.48. The zero-order chi connectivity index (χ0) is 32.2. The van der Waals surface area contributed by atoms with Crippen molar-refractivity contribution in [1.82, 2.24) is 10.9 Å². The van der Waals surface area contributed by atoms with Gasteiger partial charge in [0.1, 0.15) is 11.6 Å². The Labute approximate surface area is 266 Å². The van der Waals surface area contributed by atoms with Gasteiger partial charge in [0.05, 0.1) is 13.2 Å². The molecule has 0 saturated carbocycles. The smallest absolute Gasteiger partial charge is 0.266 e. The number of rotatable bonds is 15. The van der Waals surface area contributed by atoms with Gasteiger partial charge in [-0.25, -0.2) is 14.8 Å². The van der Waals surface area contributed by atoms with Gasteiger partial charge in [-0.15, -0.1) is 0 Å². The number of aliphatic hydroxyl groups excluding tert-OH is 1. The van der Waals surface area contributed by atoms with Crippen LogP contribution in [0.3, 0.4) is 0 Å². The molecule has 1 aliphatic rings. The van der Waals surface area contributed by atoms with Crippen molar-refractivity contribution in [3.8, 4) is 5.75 Å². The zero-order valence-corrected chi connectivity index (χ0v) is 25.2. The van der Waals surface area contributed by atoms with Gasteiger partial charge in [-0.1, -0.05) is 77.9 Å². The van der Waals surface area contributed by atoms with E-state index in [0.717, 1.165) is 5.56 Å². The lowest BCUT2D eigenvalue weighted by molar-refractivity contribution is -0.130. The highest BCUT2D eigenvalue weighted by Gasteiger charge is 2.53. The second-order valence-corrected chi connectivity index (χ2v) is 10.8. The van der Waals surface area contributed by atoms with Crippen LogP contribution >= 0.6 is 0 Å². The lowest BCUT2D eigenvalue weighted by Gasteiger charge is -2.31. The molecule has 0 aliphatic carbocycles. The van der Waals surface area contributed by atoms with E-state index in [1.54, 1.807) is 42.5 Å². The average Bonchev–Trinajstić information content (AvgIpc) is 3.47. The highest BCUT2D eigenvalue weighted by molar-refractivity contribution is 6.01. The van der Waals surface area contributed by atoms with E-state index in [2.05, 4.69) is 20.9 Å². The molecule has 1 heterocycles. The van der Waals surface area contributed by atoms with Crippen LogP contribution in [0.2, 0.25) is 0 Å². The second kappa shape index (κ2) is 15.7. The molecular weight excluding hydrogens is 587 g/mol. The number of hydrogen-bond acceptors (Lipinski definition) is 7. The molecule has 0 radical (unpaired) electrons. The van der Waals surface area contributed by atoms with E-state index in [4.69, 9.17) is 25.1 Å². The number of benzene rings is 4. The molecular formula is C35H35FN6O4. The zero-order valence-electron chi connectivity index (χ0n) is 25.2. The second-order valence-electron chi connectivity index (χ2n) is 10.8. The number of azide groups is 1. The number of amides is 1. The van der Waals surface area contributed by atoms with Crippen molar-refractivity contribution in [3.05, 3.63) is 147 Å². The molecule has 1 amide bonds. The van der Waals surface area contributed by atoms with E-state index < -0.39 is 17.6 Å². The van der Waals surface area contributed by atoms with E-state index in [9.17, 15) is 9.18 Å². The highest BCUT2D eigenvalue weighted by Crippen LogP contribution is 2.43. The number of carbonyl (C=O) groups excluding carboxylic acids is 1. The lowest BCUT2D eigenvalue weighted by Crippen LogP contribution is -2.54. The molecule has 0 aromatic heterocycles.